The quantitative estimate of drug-likeness (QED) is 0.325. The Bertz CT molecular complexity index is 1180. The van der Waals surface area contributed by atoms with E-state index in [1.165, 1.54) is 0 Å². The van der Waals surface area contributed by atoms with Crippen molar-refractivity contribution in [2.75, 3.05) is 0 Å². The number of nitrogens with one attached hydrogen (secondary N) is 2. The summed E-state index contributed by atoms with van der Waals surface area (Å²) in [5.41, 5.74) is 6.92. The zero-order valence-electron chi connectivity index (χ0n) is 23.5. The van der Waals surface area contributed by atoms with E-state index in [4.69, 9.17) is 27.9 Å². The minimum Gasteiger partial charge on any atom is -0.458 e. The van der Waals surface area contributed by atoms with Gasteiger partial charge in [0, 0.05) is 16.5 Å². The van der Waals surface area contributed by atoms with Crippen LogP contribution in [0.4, 0.5) is 0 Å². The molecule has 2 aliphatic heterocycles. The highest BCUT2D eigenvalue weighted by Crippen LogP contribution is 2.53. The standard InChI is InChI=1S/C29H39Cl2N5O3/c1-7-23(26(37)39-28(3,4)5)36-25(18-9-12-19(30)13-10-18)22(21-14-20(31)11-8-17(21)2)15-29(6,27(36)38)16-24-32-34-35-33-24/h8-14,17,21-23,25,34-35H,7,15-16H2,1-6H3,(H,32,33)/p+1. The molecule has 212 valence electrons. The first-order chi connectivity index (χ1) is 18.3. The monoisotopic (exact) mass is 576 g/mol. The van der Waals surface area contributed by atoms with Gasteiger partial charge >= 0.3 is 5.97 Å². The summed E-state index contributed by atoms with van der Waals surface area (Å²) < 4.78 is 5.87. The molecule has 1 saturated heterocycles. The maximum absolute atomic E-state index is 14.7. The van der Waals surface area contributed by atoms with Crippen LogP contribution in [0.25, 0.3) is 0 Å². The number of hydrazine groups is 1. The fourth-order valence-corrected chi connectivity index (χ4v) is 6.45. The van der Waals surface area contributed by atoms with Crippen LogP contribution in [-0.2, 0) is 14.3 Å². The molecule has 1 amide bonds. The molecule has 3 aliphatic rings. The molecule has 1 aliphatic carbocycles. The van der Waals surface area contributed by atoms with Crippen LogP contribution in [0.2, 0.25) is 5.02 Å². The molecule has 39 heavy (non-hydrogen) atoms. The van der Waals surface area contributed by atoms with Gasteiger partial charge in [0.15, 0.2) is 5.84 Å². The fraction of sp³-hybridized carbons (Fsp3) is 0.552. The number of likely N-dealkylation sites (tertiary alicyclic amines) is 1. The summed E-state index contributed by atoms with van der Waals surface area (Å²) in [6.45, 7) is 11.6. The number of hydrogen-bond acceptors (Lipinski definition) is 6. The van der Waals surface area contributed by atoms with Crippen LogP contribution >= 0.6 is 23.2 Å². The Morgan fingerprint density at radius 2 is 1.97 bits per heavy atom. The third-order valence-electron chi connectivity index (χ3n) is 7.83. The Kier molecular flexibility index (Phi) is 8.81. The summed E-state index contributed by atoms with van der Waals surface area (Å²) >= 11 is 12.8. The number of esters is 1. The second kappa shape index (κ2) is 11.6. The first kappa shape index (κ1) is 29.6. The minimum absolute atomic E-state index is 0.0393. The number of amides is 1. The zero-order valence-corrected chi connectivity index (χ0v) is 25.0. The molecule has 8 nitrogen and oxygen atoms in total. The van der Waals surface area contributed by atoms with Crippen LogP contribution in [0, 0.1) is 23.2 Å². The number of piperidine rings is 1. The average Bonchev–Trinajstić information content (AvgIpc) is 3.36. The lowest BCUT2D eigenvalue weighted by Crippen LogP contribution is -2.87. The Labute approximate surface area is 241 Å². The zero-order chi connectivity index (χ0) is 28.5. The summed E-state index contributed by atoms with van der Waals surface area (Å²) in [6, 6.07) is 6.44. The van der Waals surface area contributed by atoms with Crippen molar-refractivity contribution in [3.8, 4) is 0 Å². The SMILES string of the molecule is CCC(C(=O)OC(C)(C)C)N1C(=O)C(C)(CC2=N[NH2+]NN2)CC(C2C=C(Cl)C=CC2C)C1c1ccc(Cl)cc1. The lowest BCUT2D eigenvalue weighted by atomic mass is 9.62. The van der Waals surface area contributed by atoms with E-state index in [2.05, 4.69) is 35.1 Å². The summed E-state index contributed by atoms with van der Waals surface area (Å²) in [5, 5.41) is 5.67. The van der Waals surface area contributed by atoms with Crippen LogP contribution in [-0.4, -0.2) is 34.3 Å². The first-order valence-corrected chi connectivity index (χ1v) is 14.3. The van der Waals surface area contributed by atoms with Crippen LogP contribution in [0.3, 0.4) is 0 Å². The molecule has 0 spiro atoms. The van der Waals surface area contributed by atoms with E-state index in [1.54, 1.807) is 10.4 Å². The molecule has 1 fully saturated rings. The van der Waals surface area contributed by atoms with Gasteiger partial charge in [0.05, 0.1) is 11.5 Å². The lowest BCUT2D eigenvalue weighted by molar-refractivity contribution is -0.713. The Hall–Kier alpha value is -2.39. The highest BCUT2D eigenvalue weighted by Gasteiger charge is 2.55. The number of ether oxygens (including phenoxy) is 1. The van der Waals surface area contributed by atoms with Gasteiger partial charge in [-0.2, -0.15) is 0 Å². The van der Waals surface area contributed by atoms with Crippen molar-refractivity contribution in [2.45, 2.75) is 78.5 Å². The van der Waals surface area contributed by atoms with Gasteiger partial charge in [-0.3, -0.25) is 10.2 Å². The normalized spacial score (nSPS) is 29.9. The van der Waals surface area contributed by atoms with Gasteiger partial charge < -0.3 is 9.64 Å². The molecule has 6 unspecified atom stereocenters. The van der Waals surface area contributed by atoms with E-state index in [9.17, 15) is 9.59 Å². The molecule has 0 saturated carbocycles. The molecule has 6 atom stereocenters. The van der Waals surface area contributed by atoms with Crippen molar-refractivity contribution in [2.24, 2.45) is 28.3 Å². The number of hydrogen-bond donors (Lipinski definition) is 3. The van der Waals surface area contributed by atoms with Crippen molar-refractivity contribution in [3.63, 3.8) is 0 Å². The third-order valence-corrected chi connectivity index (χ3v) is 8.33. The van der Waals surface area contributed by atoms with E-state index in [0.717, 1.165) is 5.56 Å². The number of benzene rings is 1. The minimum atomic E-state index is -0.823. The smallest absolute Gasteiger partial charge is 0.329 e. The molecule has 4 N–H and O–H groups in total. The van der Waals surface area contributed by atoms with E-state index >= 15 is 0 Å². The molecule has 1 aromatic carbocycles. The van der Waals surface area contributed by atoms with Crippen LogP contribution in [0.5, 0.6) is 0 Å². The summed E-state index contributed by atoms with van der Waals surface area (Å²) in [6.07, 6.45) is 7.55. The molecule has 0 radical (unpaired) electrons. The average molecular weight is 578 g/mol. The Morgan fingerprint density at radius 3 is 2.56 bits per heavy atom. The highest BCUT2D eigenvalue weighted by molar-refractivity contribution is 6.31. The van der Waals surface area contributed by atoms with E-state index in [1.807, 2.05) is 65.0 Å². The topological polar surface area (TPSA) is 99.6 Å². The summed E-state index contributed by atoms with van der Waals surface area (Å²) in [4.78, 5) is 30.1. The van der Waals surface area contributed by atoms with Crippen molar-refractivity contribution in [1.29, 1.82) is 0 Å². The Morgan fingerprint density at radius 1 is 1.28 bits per heavy atom. The van der Waals surface area contributed by atoms with Gasteiger partial charge in [0.1, 0.15) is 11.6 Å². The van der Waals surface area contributed by atoms with Gasteiger partial charge in [-0.25, -0.2) is 4.79 Å². The number of quaternary nitrogens is 1. The van der Waals surface area contributed by atoms with Crippen molar-refractivity contribution >= 4 is 40.9 Å². The molecular weight excluding hydrogens is 537 g/mol. The number of nitrogens with two attached hydrogens (primary N) is 1. The molecule has 2 heterocycles. The molecule has 4 rings (SSSR count). The largest absolute Gasteiger partial charge is 0.458 e. The van der Waals surface area contributed by atoms with Crippen LogP contribution < -0.4 is 16.5 Å². The van der Waals surface area contributed by atoms with Crippen molar-refractivity contribution < 1.29 is 19.9 Å². The maximum Gasteiger partial charge on any atom is 0.329 e. The molecule has 10 heteroatoms. The van der Waals surface area contributed by atoms with Gasteiger partial charge in [-0.1, -0.05) is 73.8 Å². The van der Waals surface area contributed by atoms with Crippen LogP contribution in [0.1, 0.15) is 72.4 Å². The maximum atomic E-state index is 14.7. The number of allylic oxidation sites excluding steroid dienone is 4. The van der Waals surface area contributed by atoms with E-state index in [-0.39, 0.29) is 29.7 Å². The highest BCUT2D eigenvalue weighted by atomic mass is 35.5. The first-order valence-electron chi connectivity index (χ1n) is 13.6. The molecule has 0 bridgehead atoms. The summed E-state index contributed by atoms with van der Waals surface area (Å²) in [5.74, 6) is 0.365. The number of nitrogens with zero attached hydrogens (tertiary/aromatic N) is 2. The van der Waals surface area contributed by atoms with E-state index < -0.39 is 23.0 Å². The Balaban J connectivity index is 1.88. The van der Waals surface area contributed by atoms with Crippen molar-refractivity contribution in [3.05, 3.63) is 58.1 Å². The van der Waals surface area contributed by atoms with Gasteiger partial charge in [-0.15, -0.1) is 5.53 Å². The predicted molar refractivity (Wildman–Crippen MR) is 153 cm³/mol. The van der Waals surface area contributed by atoms with Crippen LogP contribution in [0.15, 0.2) is 52.6 Å². The number of carbonyl (C=O) groups is 2. The number of amidine groups is 1. The third kappa shape index (κ3) is 6.51. The number of halogens is 2. The van der Waals surface area contributed by atoms with Crippen molar-refractivity contribution in [1.82, 2.24) is 15.9 Å². The molecule has 0 aromatic heterocycles. The lowest BCUT2D eigenvalue weighted by Gasteiger charge is -2.53. The molecular formula is C29H40Cl2N5O3+. The van der Waals surface area contributed by atoms with E-state index in [0.29, 0.717) is 35.2 Å². The second-order valence-electron chi connectivity index (χ2n) is 12.1. The summed E-state index contributed by atoms with van der Waals surface area (Å²) in [7, 11) is 0. The number of carbonyl (C=O) groups excluding carboxylic acids is 2. The predicted octanol–water partition coefficient (Wildman–Crippen LogP) is 4.59. The molecule has 1 aromatic rings. The van der Waals surface area contributed by atoms with Gasteiger partial charge in [-0.05, 0) is 80.2 Å². The number of rotatable bonds is 7. The fourth-order valence-electron chi connectivity index (χ4n) is 6.10. The van der Waals surface area contributed by atoms with Gasteiger partial charge in [0.2, 0.25) is 5.91 Å². The second-order valence-corrected chi connectivity index (χ2v) is 13.0. The van der Waals surface area contributed by atoms with Gasteiger partial charge in [0.25, 0.3) is 0 Å².